The van der Waals surface area contributed by atoms with Crippen molar-refractivity contribution in [3.63, 3.8) is 0 Å². The van der Waals surface area contributed by atoms with Gasteiger partial charge in [0.2, 0.25) is 0 Å². The number of nitrogens with one attached hydrogen (secondary N) is 1. The summed E-state index contributed by atoms with van der Waals surface area (Å²) >= 11 is 3.18. The molecule has 3 nitrogen and oxygen atoms in total. The zero-order chi connectivity index (χ0) is 12.3. The maximum Gasteiger partial charge on any atom is 0.256 e. The Labute approximate surface area is 120 Å². The van der Waals surface area contributed by atoms with E-state index in [4.69, 9.17) is 0 Å². The number of amides is 1. The fourth-order valence-corrected chi connectivity index (χ4v) is 2.22. The van der Waals surface area contributed by atoms with Crippen LogP contribution in [-0.4, -0.2) is 37.0 Å². The standard InChI is InChI=1S/C12H14BrFN2O.ClH/c13-9-2-3-10(11(14)8-9)12(17)16-6-1-4-15-5-7-16;/h2-3,8,15H,1,4-7H2;1H. The van der Waals surface area contributed by atoms with Crippen LogP contribution in [0.1, 0.15) is 16.8 Å². The Balaban J connectivity index is 0.00000162. The maximum absolute atomic E-state index is 13.7. The first-order valence-corrected chi connectivity index (χ1v) is 6.43. The normalized spacial score (nSPS) is 15.8. The largest absolute Gasteiger partial charge is 0.337 e. The molecule has 1 aromatic carbocycles. The Kier molecular flexibility index (Phi) is 6.05. The van der Waals surface area contributed by atoms with Gasteiger partial charge in [0.1, 0.15) is 5.82 Å². The van der Waals surface area contributed by atoms with Crippen LogP contribution in [0.15, 0.2) is 22.7 Å². The molecule has 1 fully saturated rings. The van der Waals surface area contributed by atoms with Gasteiger partial charge in [0.05, 0.1) is 5.56 Å². The van der Waals surface area contributed by atoms with Crippen molar-refractivity contribution < 1.29 is 9.18 Å². The van der Waals surface area contributed by atoms with Crippen LogP contribution in [0.5, 0.6) is 0 Å². The smallest absolute Gasteiger partial charge is 0.256 e. The summed E-state index contributed by atoms with van der Waals surface area (Å²) in [6.07, 6.45) is 0.907. The number of halogens is 3. The minimum absolute atomic E-state index is 0. The van der Waals surface area contributed by atoms with Gasteiger partial charge in [-0.25, -0.2) is 4.39 Å². The number of benzene rings is 1. The lowest BCUT2D eigenvalue weighted by Crippen LogP contribution is -2.34. The molecule has 18 heavy (non-hydrogen) atoms. The zero-order valence-corrected chi connectivity index (χ0v) is 12.2. The summed E-state index contributed by atoms with van der Waals surface area (Å²) < 4.78 is 14.3. The fourth-order valence-electron chi connectivity index (χ4n) is 1.88. The molecule has 1 aromatic rings. The molecule has 1 saturated heterocycles. The van der Waals surface area contributed by atoms with Crippen molar-refractivity contribution in [2.45, 2.75) is 6.42 Å². The number of hydrogen-bond donors (Lipinski definition) is 1. The molecule has 0 aliphatic carbocycles. The quantitative estimate of drug-likeness (QED) is 0.854. The van der Waals surface area contributed by atoms with E-state index in [0.29, 0.717) is 17.6 Å². The molecule has 0 saturated carbocycles. The molecule has 0 aromatic heterocycles. The molecule has 1 aliphatic heterocycles. The van der Waals surface area contributed by atoms with Gasteiger partial charge in [-0.1, -0.05) is 15.9 Å². The van der Waals surface area contributed by atoms with Crippen LogP contribution in [0.2, 0.25) is 0 Å². The molecule has 0 bridgehead atoms. The van der Waals surface area contributed by atoms with Crippen LogP contribution in [0, 0.1) is 5.82 Å². The molecule has 1 heterocycles. The third-order valence-electron chi connectivity index (χ3n) is 2.79. The summed E-state index contributed by atoms with van der Waals surface area (Å²) in [6, 6.07) is 4.54. The Morgan fingerprint density at radius 1 is 1.33 bits per heavy atom. The molecular weight excluding hydrogens is 323 g/mol. The molecule has 0 unspecified atom stereocenters. The molecular formula is C12H15BrClFN2O. The summed E-state index contributed by atoms with van der Waals surface area (Å²) in [5, 5.41) is 3.21. The average Bonchev–Trinajstić information content (AvgIpc) is 2.56. The van der Waals surface area contributed by atoms with Gasteiger partial charge in [0, 0.05) is 24.1 Å². The molecule has 6 heteroatoms. The Morgan fingerprint density at radius 3 is 2.83 bits per heavy atom. The van der Waals surface area contributed by atoms with Gasteiger partial charge < -0.3 is 10.2 Å². The fraction of sp³-hybridized carbons (Fsp3) is 0.417. The van der Waals surface area contributed by atoms with E-state index < -0.39 is 5.82 Å². The van der Waals surface area contributed by atoms with E-state index >= 15 is 0 Å². The zero-order valence-electron chi connectivity index (χ0n) is 9.79. The van der Waals surface area contributed by atoms with Crippen LogP contribution in [-0.2, 0) is 0 Å². The van der Waals surface area contributed by atoms with Gasteiger partial charge in [-0.2, -0.15) is 0 Å². The van der Waals surface area contributed by atoms with Gasteiger partial charge in [-0.05, 0) is 31.2 Å². The van der Waals surface area contributed by atoms with Gasteiger partial charge in [0.15, 0.2) is 0 Å². The van der Waals surface area contributed by atoms with E-state index in [1.54, 1.807) is 11.0 Å². The van der Waals surface area contributed by atoms with E-state index in [0.717, 1.165) is 19.5 Å². The number of nitrogens with zero attached hydrogens (tertiary/aromatic N) is 1. The molecule has 2 rings (SSSR count). The maximum atomic E-state index is 13.7. The van der Waals surface area contributed by atoms with Crippen molar-refractivity contribution in [3.05, 3.63) is 34.1 Å². The van der Waals surface area contributed by atoms with Crippen molar-refractivity contribution >= 4 is 34.2 Å². The summed E-state index contributed by atoms with van der Waals surface area (Å²) in [7, 11) is 0. The van der Waals surface area contributed by atoms with E-state index in [-0.39, 0.29) is 23.9 Å². The van der Waals surface area contributed by atoms with Gasteiger partial charge >= 0.3 is 0 Å². The van der Waals surface area contributed by atoms with Crippen molar-refractivity contribution in [2.75, 3.05) is 26.2 Å². The first kappa shape index (κ1) is 15.4. The average molecular weight is 338 g/mol. The Hall–Kier alpha value is -0.650. The monoisotopic (exact) mass is 336 g/mol. The lowest BCUT2D eigenvalue weighted by atomic mass is 10.2. The summed E-state index contributed by atoms with van der Waals surface area (Å²) in [6.45, 7) is 2.99. The predicted molar refractivity (Wildman–Crippen MR) is 74.7 cm³/mol. The van der Waals surface area contributed by atoms with Crippen LogP contribution < -0.4 is 5.32 Å². The highest BCUT2D eigenvalue weighted by molar-refractivity contribution is 9.10. The third-order valence-corrected chi connectivity index (χ3v) is 3.28. The van der Waals surface area contributed by atoms with Gasteiger partial charge in [-0.15, -0.1) is 12.4 Å². The van der Waals surface area contributed by atoms with Crippen molar-refractivity contribution in [3.8, 4) is 0 Å². The van der Waals surface area contributed by atoms with E-state index in [9.17, 15) is 9.18 Å². The molecule has 0 spiro atoms. The molecule has 1 N–H and O–H groups in total. The number of hydrogen-bond acceptors (Lipinski definition) is 2. The highest BCUT2D eigenvalue weighted by Crippen LogP contribution is 2.17. The summed E-state index contributed by atoms with van der Waals surface area (Å²) in [4.78, 5) is 13.8. The summed E-state index contributed by atoms with van der Waals surface area (Å²) in [5.74, 6) is -0.694. The first-order chi connectivity index (χ1) is 8.18. The van der Waals surface area contributed by atoms with Crippen molar-refractivity contribution in [1.82, 2.24) is 10.2 Å². The van der Waals surface area contributed by atoms with Crippen LogP contribution in [0.25, 0.3) is 0 Å². The lowest BCUT2D eigenvalue weighted by Gasteiger charge is -2.20. The van der Waals surface area contributed by atoms with Crippen LogP contribution in [0.3, 0.4) is 0 Å². The molecule has 0 radical (unpaired) electrons. The number of rotatable bonds is 1. The van der Waals surface area contributed by atoms with Crippen LogP contribution >= 0.6 is 28.3 Å². The highest BCUT2D eigenvalue weighted by atomic mass is 79.9. The van der Waals surface area contributed by atoms with Crippen molar-refractivity contribution in [2.24, 2.45) is 0 Å². The van der Waals surface area contributed by atoms with E-state index in [1.807, 2.05) is 0 Å². The Morgan fingerprint density at radius 2 is 2.11 bits per heavy atom. The SMILES string of the molecule is Cl.O=C(c1ccc(Br)cc1F)N1CCCNCC1. The lowest BCUT2D eigenvalue weighted by molar-refractivity contribution is 0.0761. The topological polar surface area (TPSA) is 32.3 Å². The second-order valence-electron chi connectivity index (χ2n) is 4.02. The van der Waals surface area contributed by atoms with E-state index in [1.165, 1.54) is 12.1 Å². The van der Waals surface area contributed by atoms with Gasteiger partial charge in [0.25, 0.3) is 5.91 Å². The third kappa shape index (κ3) is 3.67. The van der Waals surface area contributed by atoms with E-state index in [2.05, 4.69) is 21.2 Å². The second-order valence-corrected chi connectivity index (χ2v) is 4.94. The van der Waals surface area contributed by atoms with Crippen molar-refractivity contribution in [1.29, 1.82) is 0 Å². The molecule has 0 atom stereocenters. The minimum Gasteiger partial charge on any atom is -0.337 e. The highest BCUT2D eigenvalue weighted by Gasteiger charge is 2.19. The predicted octanol–water partition coefficient (Wildman–Crippen LogP) is 2.45. The minimum atomic E-state index is -0.471. The van der Waals surface area contributed by atoms with Gasteiger partial charge in [-0.3, -0.25) is 4.79 Å². The number of carbonyl (C=O) groups excluding carboxylic acids is 1. The Bertz CT molecular complexity index is 423. The molecule has 1 aliphatic rings. The first-order valence-electron chi connectivity index (χ1n) is 5.63. The molecule has 100 valence electrons. The summed E-state index contributed by atoms with van der Waals surface area (Å²) in [5.41, 5.74) is 0.148. The molecule has 1 amide bonds. The number of carbonyl (C=O) groups is 1. The second kappa shape index (κ2) is 7.07. The van der Waals surface area contributed by atoms with Crippen LogP contribution in [0.4, 0.5) is 4.39 Å².